The lowest BCUT2D eigenvalue weighted by Crippen LogP contribution is -2.46. The van der Waals surface area contributed by atoms with Crippen LogP contribution < -0.4 is 20.3 Å². The third-order valence-corrected chi connectivity index (χ3v) is 5.78. The van der Waals surface area contributed by atoms with Crippen LogP contribution in [0.25, 0.3) is 0 Å². The molecule has 2 aliphatic rings. The highest BCUT2D eigenvalue weighted by Gasteiger charge is 2.27. The van der Waals surface area contributed by atoms with Crippen LogP contribution in [-0.4, -0.2) is 40.4 Å². The molecule has 0 aliphatic carbocycles. The van der Waals surface area contributed by atoms with Crippen molar-refractivity contribution in [2.24, 2.45) is 0 Å². The SMILES string of the molecule is O=C1c2c(O)c(=O)ccn2NCN1C/C=C\COc1cccc2c1Cc1ccccc1OC2. The van der Waals surface area contributed by atoms with E-state index in [1.807, 2.05) is 42.5 Å². The van der Waals surface area contributed by atoms with Gasteiger partial charge in [-0.15, -0.1) is 0 Å². The number of rotatable bonds is 5. The molecular formula is C25H23N3O5. The molecule has 2 N–H and O–H groups in total. The number of nitrogens with zero attached hydrogens (tertiary/aromatic N) is 2. The normalized spacial score (nSPS) is 14.5. The van der Waals surface area contributed by atoms with Crippen LogP contribution in [0, 0.1) is 0 Å². The Bertz CT molecular complexity index is 1300. The fraction of sp³-hybridized carbons (Fsp3) is 0.200. The number of benzene rings is 2. The maximum absolute atomic E-state index is 12.7. The molecule has 0 atom stereocenters. The quantitative estimate of drug-likeness (QED) is 0.587. The highest BCUT2D eigenvalue weighted by molar-refractivity contribution is 5.96. The van der Waals surface area contributed by atoms with Gasteiger partial charge in [0, 0.05) is 30.8 Å². The number of ether oxygens (including phenoxy) is 2. The van der Waals surface area contributed by atoms with E-state index in [0.717, 1.165) is 34.6 Å². The van der Waals surface area contributed by atoms with Gasteiger partial charge in [-0.25, -0.2) is 0 Å². The van der Waals surface area contributed by atoms with Gasteiger partial charge in [0.15, 0.2) is 11.4 Å². The zero-order valence-corrected chi connectivity index (χ0v) is 17.9. The predicted octanol–water partition coefficient (Wildman–Crippen LogP) is 2.63. The standard InChI is InChI=1S/C25H23N3O5/c29-20-10-12-28-23(24(20)30)25(31)27(16-26-28)11-3-4-13-32-22-9-5-7-18-15-33-21-8-2-1-6-17(21)14-19(18)22/h1-10,12,26,30H,11,13-16H2/b4-3-. The number of carbonyl (C=O) groups excluding carboxylic acids is 1. The lowest BCUT2D eigenvalue weighted by atomic mass is 9.99. The number of para-hydroxylation sites is 1. The Hall–Kier alpha value is -4.20. The Morgan fingerprint density at radius 2 is 1.91 bits per heavy atom. The van der Waals surface area contributed by atoms with E-state index >= 15 is 0 Å². The van der Waals surface area contributed by atoms with Crippen LogP contribution in [0.2, 0.25) is 0 Å². The molecule has 0 saturated heterocycles. The summed E-state index contributed by atoms with van der Waals surface area (Å²) in [5, 5.41) is 9.98. The Labute approximate surface area is 190 Å². The maximum atomic E-state index is 12.7. The van der Waals surface area contributed by atoms with E-state index in [2.05, 4.69) is 17.6 Å². The number of amides is 1. The second-order valence-corrected chi connectivity index (χ2v) is 7.84. The fourth-order valence-corrected chi connectivity index (χ4v) is 4.02. The van der Waals surface area contributed by atoms with Gasteiger partial charge in [0.25, 0.3) is 5.91 Å². The van der Waals surface area contributed by atoms with Crippen molar-refractivity contribution < 1.29 is 19.4 Å². The van der Waals surface area contributed by atoms with Gasteiger partial charge in [-0.05, 0) is 29.3 Å². The summed E-state index contributed by atoms with van der Waals surface area (Å²) in [5.41, 5.74) is 5.67. The molecule has 0 fully saturated rings. The Balaban J connectivity index is 1.23. The van der Waals surface area contributed by atoms with Crippen LogP contribution in [0.15, 0.2) is 71.7 Å². The van der Waals surface area contributed by atoms with Gasteiger partial charge in [0.2, 0.25) is 5.43 Å². The summed E-state index contributed by atoms with van der Waals surface area (Å²) in [7, 11) is 0. The minimum atomic E-state index is -0.586. The molecule has 1 amide bonds. The second-order valence-electron chi connectivity index (χ2n) is 7.84. The molecule has 3 heterocycles. The molecule has 0 radical (unpaired) electrons. The van der Waals surface area contributed by atoms with E-state index in [0.29, 0.717) is 19.8 Å². The van der Waals surface area contributed by atoms with E-state index < -0.39 is 17.1 Å². The minimum Gasteiger partial charge on any atom is -0.502 e. The minimum absolute atomic E-state index is 0.0621. The van der Waals surface area contributed by atoms with Crippen molar-refractivity contribution in [1.82, 2.24) is 9.58 Å². The zero-order valence-electron chi connectivity index (χ0n) is 17.9. The number of pyridine rings is 1. The summed E-state index contributed by atoms with van der Waals surface area (Å²) >= 11 is 0. The van der Waals surface area contributed by atoms with Crippen molar-refractivity contribution in [3.05, 3.63) is 99.5 Å². The van der Waals surface area contributed by atoms with E-state index in [4.69, 9.17) is 9.47 Å². The highest BCUT2D eigenvalue weighted by Crippen LogP contribution is 2.33. The molecule has 168 valence electrons. The number of fused-ring (bicyclic) bond motifs is 3. The summed E-state index contributed by atoms with van der Waals surface area (Å²) < 4.78 is 13.3. The lowest BCUT2D eigenvalue weighted by molar-refractivity contribution is 0.0741. The van der Waals surface area contributed by atoms with E-state index in [-0.39, 0.29) is 12.4 Å². The molecule has 0 bridgehead atoms. The van der Waals surface area contributed by atoms with Gasteiger partial charge < -0.3 is 24.9 Å². The molecule has 3 aromatic rings. The van der Waals surface area contributed by atoms with E-state index in [1.54, 1.807) is 0 Å². The average Bonchev–Trinajstić information content (AvgIpc) is 3.02. The van der Waals surface area contributed by atoms with Gasteiger partial charge in [-0.3, -0.25) is 14.3 Å². The second kappa shape index (κ2) is 8.74. The number of carbonyl (C=O) groups is 1. The van der Waals surface area contributed by atoms with Gasteiger partial charge >= 0.3 is 0 Å². The van der Waals surface area contributed by atoms with E-state index in [1.165, 1.54) is 21.8 Å². The first-order valence-electron chi connectivity index (χ1n) is 10.7. The first-order valence-corrected chi connectivity index (χ1v) is 10.7. The van der Waals surface area contributed by atoms with Crippen LogP contribution in [0.4, 0.5) is 0 Å². The van der Waals surface area contributed by atoms with Crippen LogP contribution in [0.5, 0.6) is 17.2 Å². The third-order valence-electron chi connectivity index (χ3n) is 5.78. The molecule has 0 unspecified atom stereocenters. The topological polar surface area (TPSA) is 93.0 Å². The predicted molar refractivity (Wildman–Crippen MR) is 122 cm³/mol. The largest absolute Gasteiger partial charge is 0.502 e. The average molecular weight is 445 g/mol. The Morgan fingerprint density at radius 1 is 1.06 bits per heavy atom. The molecule has 5 rings (SSSR count). The molecule has 2 aliphatic heterocycles. The zero-order chi connectivity index (χ0) is 22.8. The smallest absolute Gasteiger partial charge is 0.278 e. The molecule has 8 heteroatoms. The van der Waals surface area contributed by atoms with Crippen LogP contribution in [0.3, 0.4) is 0 Å². The van der Waals surface area contributed by atoms with Gasteiger partial charge in [0.1, 0.15) is 31.4 Å². The van der Waals surface area contributed by atoms with Crippen LogP contribution >= 0.6 is 0 Å². The number of hydrogen-bond donors (Lipinski definition) is 2. The van der Waals surface area contributed by atoms with E-state index in [9.17, 15) is 14.7 Å². The molecular weight excluding hydrogens is 422 g/mol. The van der Waals surface area contributed by atoms with Crippen LogP contribution in [-0.2, 0) is 13.0 Å². The molecule has 1 aromatic heterocycles. The van der Waals surface area contributed by atoms with Crippen LogP contribution in [0.1, 0.15) is 27.2 Å². The van der Waals surface area contributed by atoms with Gasteiger partial charge in [-0.2, -0.15) is 0 Å². The first kappa shape index (κ1) is 20.7. The van der Waals surface area contributed by atoms with Crippen molar-refractivity contribution in [3.63, 3.8) is 0 Å². The summed E-state index contributed by atoms with van der Waals surface area (Å²) in [6, 6.07) is 15.2. The van der Waals surface area contributed by atoms with Crippen molar-refractivity contribution in [1.29, 1.82) is 0 Å². The molecule has 0 saturated carbocycles. The van der Waals surface area contributed by atoms with Crippen molar-refractivity contribution in [2.75, 3.05) is 25.2 Å². The summed E-state index contributed by atoms with van der Waals surface area (Å²) in [6.45, 7) is 1.41. The molecule has 0 spiro atoms. The summed E-state index contributed by atoms with van der Waals surface area (Å²) in [4.78, 5) is 25.8. The van der Waals surface area contributed by atoms with Gasteiger partial charge in [0.05, 0.1) is 0 Å². The Morgan fingerprint density at radius 3 is 2.82 bits per heavy atom. The lowest BCUT2D eigenvalue weighted by Gasteiger charge is -2.30. The third kappa shape index (κ3) is 4.03. The van der Waals surface area contributed by atoms with Gasteiger partial charge in [-0.1, -0.05) is 36.4 Å². The number of nitrogens with one attached hydrogen (secondary N) is 1. The number of aromatic hydroxyl groups is 1. The number of aromatic nitrogens is 1. The fourth-order valence-electron chi connectivity index (χ4n) is 4.02. The Kier molecular flexibility index (Phi) is 5.48. The molecule has 33 heavy (non-hydrogen) atoms. The summed E-state index contributed by atoms with van der Waals surface area (Å²) in [6.07, 6.45) is 5.85. The summed E-state index contributed by atoms with van der Waals surface area (Å²) in [5.74, 6) is 0.740. The van der Waals surface area contributed by atoms with Crippen molar-refractivity contribution in [2.45, 2.75) is 13.0 Å². The first-order chi connectivity index (χ1) is 16.1. The van der Waals surface area contributed by atoms with Crippen molar-refractivity contribution in [3.8, 4) is 17.2 Å². The molecule has 2 aromatic carbocycles. The number of hydrogen-bond acceptors (Lipinski definition) is 6. The maximum Gasteiger partial charge on any atom is 0.278 e. The monoisotopic (exact) mass is 445 g/mol. The molecule has 8 nitrogen and oxygen atoms in total. The van der Waals surface area contributed by atoms with Crippen molar-refractivity contribution >= 4 is 5.91 Å². The highest BCUT2D eigenvalue weighted by atomic mass is 16.5.